The van der Waals surface area contributed by atoms with Crippen LogP contribution < -0.4 is 5.32 Å². The van der Waals surface area contributed by atoms with Crippen LogP contribution in [0.1, 0.15) is 37.9 Å². The second-order valence-corrected chi connectivity index (χ2v) is 5.75. The molecule has 0 saturated carbocycles. The molecule has 2 unspecified atom stereocenters. The van der Waals surface area contributed by atoms with Crippen LogP contribution in [-0.2, 0) is 4.74 Å². The van der Waals surface area contributed by atoms with Crippen molar-refractivity contribution in [1.29, 1.82) is 0 Å². The summed E-state index contributed by atoms with van der Waals surface area (Å²) in [6, 6.07) is 3.81. The van der Waals surface area contributed by atoms with Gasteiger partial charge in [-0.05, 0) is 44.2 Å². The van der Waals surface area contributed by atoms with Gasteiger partial charge in [0.2, 0.25) is 0 Å². The number of halogens is 2. The summed E-state index contributed by atoms with van der Waals surface area (Å²) in [5.41, 5.74) is -0.261. The van der Waals surface area contributed by atoms with Crippen molar-refractivity contribution < 1.29 is 18.6 Å². The maximum atomic E-state index is 13.6. The normalized spacial score (nSPS) is 19.4. The van der Waals surface area contributed by atoms with Gasteiger partial charge in [0.25, 0.3) is 0 Å². The predicted molar refractivity (Wildman–Crippen MR) is 76.9 cm³/mol. The van der Waals surface area contributed by atoms with Crippen molar-refractivity contribution in [2.75, 3.05) is 19.8 Å². The average Bonchev–Trinajstić information content (AvgIpc) is 2.46. The number of ether oxygens (including phenoxy) is 1. The minimum absolute atomic E-state index is 0.141. The monoisotopic (exact) mass is 299 g/mol. The topological polar surface area (TPSA) is 41.5 Å². The Bertz CT molecular complexity index is 430. The Morgan fingerprint density at radius 3 is 2.52 bits per heavy atom. The summed E-state index contributed by atoms with van der Waals surface area (Å²) in [5.74, 6) is -0.800. The Balaban J connectivity index is 1.81. The highest BCUT2D eigenvalue weighted by molar-refractivity contribution is 5.22. The molecule has 5 heteroatoms. The fourth-order valence-corrected chi connectivity index (χ4v) is 2.81. The largest absolute Gasteiger partial charge is 0.387 e. The molecule has 1 saturated heterocycles. The predicted octanol–water partition coefficient (Wildman–Crippen LogP) is 2.79. The molecule has 0 radical (unpaired) electrons. The highest BCUT2D eigenvalue weighted by Crippen LogP contribution is 2.22. The molecule has 0 aromatic heterocycles. The molecular weight excluding hydrogens is 276 g/mol. The van der Waals surface area contributed by atoms with Gasteiger partial charge in [-0.1, -0.05) is 6.07 Å². The molecule has 1 aromatic carbocycles. The van der Waals surface area contributed by atoms with E-state index in [-0.39, 0.29) is 18.2 Å². The second-order valence-electron chi connectivity index (χ2n) is 5.75. The van der Waals surface area contributed by atoms with E-state index in [1.165, 1.54) is 6.07 Å². The minimum atomic E-state index is -1.18. The minimum Gasteiger partial charge on any atom is -0.387 e. The first-order valence-corrected chi connectivity index (χ1v) is 7.51. The number of aliphatic hydroxyl groups excluding tert-OH is 1. The molecule has 1 heterocycles. The second kappa shape index (κ2) is 7.82. The van der Waals surface area contributed by atoms with Crippen molar-refractivity contribution in [2.45, 2.75) is 38.3 Å². The average molecular weight is 299 g/mol. The van der Waals surface area contributed by atoms with Crippen molar-refractivity contribution >= 4 is 0 Å². The van der Waals surface area contributed by atoms with E-state index in [9.17, 15) is 13.9 Å². The Labute approximate surface area is 124 Å². The lowest BCUT2D eigenvalue weighted by atomic mass is 9.93. The van der Waals surface area contributed by atoms with E-state index < -0.39 is 17.7 Å². The Hall–Kier alpha value is -1.04. The number of aliphatic hydroxyl groups is 1. The molecule has 3 nitrogen and oxygen atoms in total. The molecule has 1 aliphatic rings. The number of hydrogen-bond donors (Lipinski definition) is 2. The third kappa shape index (κ3) is 4.73. The summed E-state index contributed by atoms with van der Waals surface area (Å²) in [6.45, 7) is 3.78. The molecule has 0 bridgehead atoms. The summed E-state index contributed by atoms with van der Waals surface area (Å²) in [6.07, 6.45) is 1.91. The van der Waals surface area contributed by atoms with Crippen LogP contribution in [0.5, 0.6) is 0 Å². The van der Waals surface area contributed by atoms with Crippen LogP contribution in [0.2, 0.25) is 0 Å². The van der Waals surface area contributed by atoms with Gasteiger partial charge in [-0.2, -0.15) is 0 Å². The van der Waals surface area contributed by atoms with Gasteiger partial charge < -0.3 is 15.2 Å². The quantitative estimate of drug-likeness (QED) is 0.849. The van der Waals surface area contributed by atoms with Crippen molar-refractivity contribution in [3.63, 3.8) is 0 Å². The molecule has 0 spiro atoms. The zero-order chi connectivity index (χ0) is 15.2. The fourth-order valence-electron chi connectivity index (χ4n) is 2.81. The van der Waals surface area contributed by atoms with Gasteiger partial charge >= 0.3 is 0 Å². The lowest BCUT2D eigenvalue weighted by Crippen LogP contribution is -2.33. The molecule has 21 heavy (non-hydrogen) atoms. The van der Waals surface area contributed by atoms with Crippen LogP contribution in [0.3, 0.4) is 0 Å². The molecule has 118 valence electrons. The number of nitrogens with one attached hydrogen (secondary N) is 1. The Morgan fingerprint density at radius 1 is 1.29 bits per heavy atom. The third-order valence-electron chi connectivity index (χ3n) is 4.02. The number of hydrogen-bond acceptors (Lipinski definition) is 3. The van der Waals surface area contributed by atoms with E-state index in [1.54, 1.807) is 0 Å². The van der Waals surface area contributed by atoms with Gasteiger partial charge in [-0.15, -0.1) is 0 Å². The van der Waals surface area contributed by atoms with Gasteiger partial charge in [-0.25, -0.2) is 8.78 Å². The van der Waals surface area contributed by atoms with Gasteiger partial charge in [0, 0.05) is 25.8 Å². The SMILES string of the molecule is CC(CC1CCOCC1)NCC(O)c1c(F)cccc1F. The molecule has 2 N–H and O–H groups in total. The molecular formula is C16H23F2NO2. The fraction of sp³-hybridized carbons (Fsp3) is 0.625. The summed E-state index contributed by atoms with van der Waals surface area (Å²) in [5, 5.41) is 13.1. The first-order chi connectivity index (χ1) is 10.1. The summed E-state index contributed by atoms with van der Waals surface area (Å²) >= 11 is 0. The molecule has 0 amide bonds. The first kappa shape index (κ1) is 16.3. The lowest BCUT2D eigenvalue weighted by molar-refractivity contribution is 0.0604. The van der Waals surface area contributed by atoms with E-state index in [0.717, 1.165) is 44.6 Å². The molecule has 2 atom stereocenters. The molecule has 0 aliphatic carbocycles. The molecule has 1 aliphatic heterocycles. The van der Waals surface area contributed by atoms with Crippen LogP contribution in [0.15, 0.2) is 18.2 Å². The van der Waals surface area contributed by atoms with Crippen LogP contribution in [0.25, 0.3) is 0 Å². The van der Waals surface area contributed by atoms with E-state index in [4.69, 9.17) is 4.74 Å². The van der Waals surface area contributed by atoms with Crippen molar-refractivity contribution in [3.8, 4) is 0 Å². The van der Waals surface area contributed by atoms with E-state index in [2.05, 4.69) is 5.32 Å². The number of rotatable bonds is 6. The van der Waals surface area contributed by atoms with Gasteiger partial charge in [0.1, 0.15) is 11.6 Å². The maximum absolute atomic E-state index is 13.6. The van der Waals surface area contributed by atoms with E-state index >= 15 is 0 Å². The zero-order valence-electron chi connectivity index (χ0n) is 12.3. The Kier molecular flexibility index (Phi) is 6.08. The van der Waals surface area contributed by atoms with Crippen molar-refractivity contribution in [2.24, 2.45) is 5.92 Å². The summed E-state index contributed by atoms with van der Waals surface area (Å²) in [7, 11) is 0. The van der Waals surface area contributed by atoms with Crippen LogP contribution >= 0.6 is 0 Å². The summed E-state index contributed by atoms with van der Waals surface area (Å²) in [4.78, 5) is 0. The Morgan fingerprint density at radius 2 is 1.90 bits per heavy atom. The number of benzene rings is 1. The lowest BCUT2D eigenvalue weighted by Gasteiger charge is -2.26. The van der Waals surface area contributed by atoms with Crippen molar-refractivity contribution in [3.05, 3.63) is 35.4 Å². The maximum Gasteiger partial charge on any atom is 0.131 e. The van der Waals surface area contributed by atoms with Crippen molar-refractivity contribution in [1.82, 2.24) is 5.32 Å². The molecule has 1 fully saturated rings. The molecule has 2 rings (SSSR count). The van der Waals surface area contributed by atoms with Crippen LogP contribution in [0, 0.1) is 17.6 Å². The zero-order valence-corrected chi connectivity index (χ0v) is 12.3. The summed E-state index contributed by atoms with van der Waals surface area (Å²) < 4.78 is 32.4. The highest BCUT2D eigenvalue weighted by Gasteiger charge is 2.20. The van der Waals surface area contributed by atoms with Gasteiger partial charge in [-0.3, -0.25) is 0 Å². The molecule has 1 aromatic rings. The van der Waals surface area contributed by atoms with Gasteiger partial charge in [0.15, 0.2) is 0 Å². The third-order valence-corrected chi connectivity index (χ3v) is 4.02. The standard InChI is InChI=1S/C16H23F2NO2/c1-11(9-12-5-7-21-8-6-12)19-10-15(20)16-13(17)3-2-4-14(16)18/h2-4,11-12,15,19-20H,5-10H2,1H3. The highest BCUT2D eigenvalue weighted by atomic mass is 19.1. The first-order valence-electron chi connectivity index (χ1n) is 7.51. The van der Waals surface area contributed by atoms with E-state index in [0.29, 0.717) is 5.92 Å². The smallest absolute Gasteiger partial charge is 0.131 e. The van der Waals surface area contributed by atoms with Gasteiger partial charge in [0.05, 0.1) is 11.7 Å². The van der Waals surface area contributed by atoms with Crippen LogP contribution in [-0.4, -0.2) is 30.9 Å². The van der Waals surface area contributed by atoms with Crippen LogP contribution in [0.4, 0.5) is 8.78 Å². The van der Waals surface area contributed by atoms with E-state index in [1.807, 2.05) is 6.92 Å².